The third-order valence-electron chi connectivity index (χ3n) is 5.41. The van der Waals surface area contributed by atoms with Gasteiger partial charge in [-0.1, -0.05) is 0 Å². The van der Waals surface area contributed by atoms with Gasteiger partial charge in [0.15, 0.2) is 0 Å². The minimum Gasteiger partial charge on any atom is -0.372 e. The van der Waals surface area contributed by atoms with Gasteiger partial charge in [-0.2, -0.15) is 0 Å². The van der Waals surface area contributed by atoms with Crippen LogP contribution in [0.3, 0.4) is 0 Å². The molecule has 2 N–H and O–H groups in total. The number of nitrogens with one attached hydrogen (secondary N) is 2. The van der Waals surface area contributed by atoms with Crippen LogP contribution in [0.25, 0.3) is 0 Å². The molecule has 2 aliphatic heterocycles. The summed E-state index contributed by atoms with van der Waals surface area (Å²) < 4.78 is 20.5. The molecule has 32 heavy (non-hydrogen) atoms. The van der Waals surface area contributed by atoms with E-state index in [1.54, 1.807) is 36.4 Å². The van der Waals surface area contributed by atoms with E-state index >= 15 is 0 Å². The van der Waals surface area contributed by atoms with Crippen molar-refractivity contribution in [2.75, 3.05) is 28.3 Å². The zero-order valence-electron chi connectivity index (χ0n) is 17.9. The van der Waals surface area contributed by atoms with Gasteiger partial charge in [0.25, 0.3) is 5.91 Å². The highest BCUT2D eigenvalue weighted by Gasteiger charge is 2.25. The van der Waals surface area contributed by atoms with Crippen molar-refractivity contribution in [3.8, 4) is 0 Å². The van der Waals surface area contributed by atoms with Crippen molar-refractivity contribution in [3.05, 3.63) is 53.8 Å². The number of amides is 3. The molecule has 2 aromatic carbocycles. The monoisotopic (exact) mass is 440 g/mol. The average Bonchev–Trinajstić information content (AvgIpc) is 2.75. The number of hydrogen-bond acceptors (Lipinski definition) is 5. The van der Waals surface area contributed by atoms with Gasteiger partial charge in [-0.3, -0.25) is 19.8 Å². The van der Waals surface area contributed by atoms with E-state index in [1.807, 2.05) is 18.7 Å². The molecular formula is C23H25FN4O4. The van der Waals surface area contributed by atoms with Crippen LogP contribution < -0.4 is 20.7 Å². The molecule has 2 saturated heterocycles. The minimum atomic E-state index is -0.418. The van der Waals surface area contributed by atoms with Crippen LogP contribution in [0.5, 0.6) is 0 Å². The van der Waals surface area contributed by atoms with E-state index in [9.17, 15) is 18.8 Å². The van der Waals surface area contributed by atoms with E-state index in [4.69, 9.17) is 4.74 Å². The van der Waals surface area contributed by atoms with Crippen molar-refractivity contribution in [2.24, 2.45) is 0 Å². The number of carbonyl (C=O) groups excluding carboxylic acids is 3. The Kier molecular flexibility index (Phi) is 6.09. The number of rotatable bonds is 4. The lowest BCUT2D eigenvalue weighted by molar-refractivity contribution is -0.130. The van der Waals surface area contributed by atoms with Crippen molar-refractivity contribution < 1.29 is 23.5 Å². The van der Waals surface area contributed by atoms with Gasteiger partial charge in [0.05, 0.1) is 23.6 Å². The second-order valence-corrected chi connectivity index (χ2v) is 8.09. The number of morpholine rings is 1. The summed E-state index contributed by atoms with van der Waals surface area (Å²) in [6.07, 6.45) is 0.315. The molecule has 2 atom stereocenters. The Morgan fingerprint density at radius 2 is 1.75 bits per heavy atom. The first-order valence-corrected chi connectivity index (χ1v) is 10.5. The zero-order chi connectivity index (χ0) is 22.8. The van der Waals surface area contributed by atoms with E-state index in [-0.39, 0.29) is 36.9 Å². The molecule has 0 saturated carbocycles. The van der Waals surface area contributed by atoms with Crippen LogP contribution in [0.4, 0.5) is 21.5 Å². The molecule has 0 spiro atoms. The summed E-state index contributed by atoms with van der Waals surface area (Å²) >= 11 is 0. The lowest BCUT2D eigenvalue weighted by Gasteiger charge is -2.37. The Bertz CT molecular complexity index is 1030. The molecule has 4 rings (SSSR count). The predicted molar refractivity (Wildman–Crippen MR) is 118 cm³/mol. The SMILES string of the molecule is CC1CN(c2ccc(NC(=O)c3ccc(N4NC(=O)CCC4=O)cc3)cc2F)CC(C)O1. The fraction of sp³-hybridized carbons (Fsp3) is 0.348. The minimum absolute atomic E-state index is 0.00838. The van der Waals surface area contributed by atoms with Gasteiger partial charge in [-0.15, -0.1) is 0 Å². The molecule has 0 radical (unpaired) electrons. The lowest BCUT2D eigenvalue weighted by atomic mass is 10.1. The van der Waals surface area contributed by atoms with Crippen LogP contribution in [0.15, 0.2) is 42.5 Å². The first-order valence-electron chi connectivity index (χ1n) is 10.5. The quantitative estimate of drug-likeness (QED) is 0.763. The number of hydrazine groups is 1. The summed E-state index contributed by atoms with van der Waals surface area (Å²) in [6, 6.07) is 10.8. The second-order valence-electron chi connectivity index (χ2n) is 8.09. The summed E-state index contributed by atoms with van der Waals surface area (Å²) in [7, 11) is 0. The molecule has 0 aliphatic carbocycles. The maximum Gasteiger partial charge on any atom is 0.255 e. The Hall–Kier alpha value is -3.46. The second kappa shape index (κ2) is 8.96. The highest BCUT2D eigenvalue weighted by Crippen LogP contribution is 2.26. The van der Waals surface area contributed by atoms with Crippen LogP contribution in [0.2, 0.25) is 0 Å². The molecule has 0 aromatic heterocycles. The van der Waals surface area contributed by atoms with Crippen LogP contribution in [-0.4, -0.2) is 43.0 Å². The van der Waals surface area contributed by atoms with E-state index in [2.05, 4.69) is 10.7 Å². The molecule has 0 bridgehead atoms. The zero-order valence-corrected chi connectivity index (χ0v) is 17.9. The van der Waals surface area contributed by atoms with E-state index in [1.165, 1.54) is 11.1 Å². The maximum atomic E-state index is 14.8. The van der Waals surface area contributed by atoms with Crippen molar-refractivity contribution in [1.29, 1.82) is 0 Å². The van der Waals surface area contributed by atoms with Crippen molar-refractivity contribution in [3.63, 3.8) is 0 Å². The van der Waals surface area contributed by atoms with Gasteiger partial charge in [0, 0.05) is 37.2 Å². The third-order valence-corrected chi connectivity index (χ3v) is 5.41. The first-order chi connectivity index (χ1) is 15.3. The Labute approximate surface area is 185 Å². The molecular weight excluding hydrogens is 415 g/mol. The molecule has 2 fully saturated rings. The summed E-state index contributed by atoms with van der Waals surface area (Å²) in [5, 5.41) is 3.86. The fourth-order valence-electron chi connectivity index (χ4n) is 3.96. The number of ether oxygens (including phenoxy) is 1. The Morgan fingerprint density at radius 3 is 2.41 bits per heavy atom. The van der Waals surface area contributed by atoms with Crippen molar-refractivity contribution >= 4 is 34.8 Å². The van der Waals surface area contributed by atoms with Gasteiger partial charge in [-0.05, 0) is 56.3 Å². The van der Waals surface area contributed by atoms with E-state index in [0.717, 1.165) is 0 Å². The Morgan fingerprint density at radius 1 is 1.06 bits per heavy atom. The third kappa shape index (κ3) is 4.72. The van der Waals surface area contributed by atoms with Crippen LogP contribution in [0, 0.1) is 5.82 Å². The lowest BCUT2D eigenvalue weighted by Crippen LogP contribution is -2.50. The molecule has 2 aliphatic rings. The van der Waals surface area contributed by atoms with Gasteiger partial charge < -0.3 is 15.0 Å². The largest absolute Gasteiger partial charge is 0.372 e. The van der Waals surface area contributed by atoms with Crippen molar-refractivity contribution in [1.82, 2.24) is 5.43 Å². The molecule has 2 aromatic rings. The molecule has 9 heteroatoms. The van der Waals surface area contributed by atoms with E-state index in [0.29, 0.717) is 35.7 Å². The number of benzene rings is 2. The smallest absolute Gasteiger partial charge is 0.255 e. The van der Waals surface area contributed by atoms with Crippen LogP contribution in [-0.2, 0) is 14.3 Å². The fourth-order valence-corrected chi connectivity index (χ4v) is 3.96. The summed E-state index contributed by atoms with van der Waals surface area (Å²) in [5.41, 5.74) is 4.12. The average molecular weight is 440 g/mol. The normalized spacial score (nSPS) is 21.3. The predicted octanol–water partition coefficient (Wildman–Crippen LogP) is 2.85. The molecule has 2 unspecified atom stereocenters. The van der Waals surface area contributed by atoms with Crippen LogP contribution >= 0.6 is 0 Å². The maximum absolute atomic E-state index is 14.8. The number of nitrogens with zero attached hydrogens (tertiary/aromatic N) is 2. The van der Waals surface area contributed by atoms with Crippen molar-refractivity contribution in [2.45, 2.75) is 38.9 Å². The molecule has 3 amide bonds. The molecule has 168 valence electrons. The van der Waals surface area contributed by atoms with Gasteiger partial charge >= 0.3 is 0 Å². The number of anilines is 3. The van der Waals surface area contributed by atoms with Crippen LogP contribution in [0.1, 0.15) is 37.0 Å². The van der Waals surface area contributed by atoms with Gasteiger partial charge in [0.1, 0.15) is 5.82 Å². The number of halogens is 1. The van der Waals surface area contributed by atoms with Gasteiger partial charge in [-0.25, -0.2) is 9.40 Å². The number of carbonyl (C=O) groups is 3. The topological polar surface area (TPSA) is 91.0 Å². The molecule has 2 heterocycles. The highest BCUT2D eigenvalue weighted by molar-refractivity contribution is 6.05. The van der Waals surface area contributed by atoms with E-state index < -0.39 is 11.7 Å². The number of hydrogen-bond donors (Lipinski definition) is 2. The first kappa shape index (κ1) is 21.8. The summed E-state index contributed by atoms with van der Waals surface area (Å²) in [4.78, 5) is 38.1. The summed E-state index contributed by atoms with van der Waals surface area (Å²) in [5.74, 6) is -1.29. The summed E-state index contributed by atoms with van der Waals surface area (Å²) in [6.45, 7) is 5.10. The Balaban J connectivity index is 1.43. The molecule has 8 nitrogen and oxygen atoms in total. The highest BCUT2D eigenvalue weighted by atomic mass is 19.1. The van der Waals surface area contributed by atoms with Gasteiger partial charge in [0.2, 0.25) is 11.8 Å². The standard InChI is InChI=1S/C23H25FN4O4/c1-14-12-27(13-15(2)32-14)20-8-5-17(11-19(20)24)25-23(31)16-3-6-18(7-4-16)28-22(30)10-9-21(29)26-28/h3-8,11,14-15H,9-10,12-13H2,1-2H3,(H,25,31)(H,26,29).